The van der Waals surface area contributed by atoms with E-state index >= 15 is 0 Å². The van der Waals surface area contributed by atoms with Crippen molar-refractivity contribution in [1.82, 2.24) is 10.2 Å². The normalized spacial score (nSPS) is 17.5. The average Bonchev–Trinajstić information content (AvgIpc) is 3.54. The van der Waals surface area contributed by atoms with Gasteiger partial charge in [0.05, 0.1) is 6.10 Å². The highest BCUT2D eigenvalue weighted by molar-refractivity contribution is 5.81. The van der Waals surface area contributed by atoms with Crippen LogP contribution in [0.2, 0.25) is 0 Å². The number of benzene rings is 2. The quantitative estimate of drug-likeness (QED) is 0.434. The molecule has 1 fully saturated rings. The summed E-state index contributed by atoms with van der Waals surface area (Å²) in [5, 5.41) is 2.89. The van der Waals surface area contributed by atoms with Crippen LogP contribution in [0.15, 0.2) is 42.5 Å². The lowest BCUT2D eigenvalue weighted by molar-refractivity contribution is -0.129. The smallest absolute Gasteiger partial charge is 0.262 e. The molecule has 0 aliphatic carbocycles. The fraction of sp³-hybridized carbons (Fsp3) is 0.500. The predicted molar refractivity (Wildman–Crippen MR) is 127 cm³/mol. The van der Waals surface area contributed by atoms with Gasteiger partial charge in [0.2, 0.25) is 6.79 Å². The molecule has 0 saturated carbocycles. The fourth-order valence-electron chi connectivity index (χ4n) is 4.22. The van der Waals surface area contributed by atoms with E-state index in [9.17, 15) is 9.18 Å². The molecule has 0 aromatic heterocycles. The minimum Gasteiger partial charge on any atom is -0.476 e. The van der Waals surface area contributed by atoms with E-state index in [1.807, 2.05) is 18.2 Å². The third kappa shape index (κ3) is 7.30. The zero-order valence-corrected chi connectivity index (χ0v) is 20.0. The summed E-state index contributed by atoms with van der Waals surface area (Å²) in [5.74, 6) is 0.661. The van der Waals surface area contributed by atoms with Gasteiger partial charge >= 0.3 is 0 Å². The Bertz CT molecular complexity index is 969. The van der Waals surface area contributed by atoms with Crippen LogP contribution in [-0.2, 0) is 20.8 Å². The van der Waals surface area contributed by atoms with Crippen LogP contribution in [-0.4, -0.2) is 69.8 Å². The van der Waals surface area contributed by atoms with Gasteiger partial charge in [0.15, 0.2) is 29.2 Å². The molecule has 0 radical (unpaired) electrons. The molecule has 2 aliphatic heterocycles. The molecular weight excluding hydrogens is 455 g/mol. The fourth-order valence-corrected chi connectivity index (χ4v) is 4.22. The summed E-state index contributed by atoms with van der Waals surface area (Å²) >= 11 is 0. The first kappa shape index (κ1) is 25.2. The summed E-state index contributed by atoms with van der Waals surface area (Å²) in [7, 11) is 1.62. The van der Waals surface area contributed by atoms with Crippen LogP contribution >= 0.6 is 0 Å². The molecule has 2 aromatic carbocycles. The summed E-state index contributed by atoms with van der Waals surface area (Å²) in [4.78, 5) is 15.2. The molecule has 1 saturated heterocycles. The number of ether oxygens (including phenoxy) is 5. The number of rotatable bonds is 13. The second-order valence-electron chi connectivity index (χ2n) is 8.69. The number of nitrogens with one attached hydrogen (secondary N) is 1. The highest BCUT2D eigenvalue weighted by atomic mass is 19.1. The lowest BCUT2D eigenvalue weighted by atomic mass is 10.1. The van der Waals surface area contributed by atoms with Crippen molar-refractivity contribution in [2.24, 2.45) is 0 Å². The van der Waals surface area contributed by atoms with Crippen molar-refractivity contribution >= 4 is 5.91 Å². The van der Waals surface area contributed by atoms with Gasteiger partial charge in [-0.15, -0.1) is 0 Å². The standard InChI is InChI=1S/C26H33FN2O6/c1-31-12-5-11-28-26(30)25(35-22-8-3-2-7-21(22)27)17-29(16-20-6-4-13-32-20)15-19-9-10-23-24(14-19)34-18-33-23/h2-3,7-10,14,20,25H,4-6,11-13,15-18H2,1H3,(H,28,30). The van der Waals surface area contributed by atoms with Crippen LogP contribution in [0.1, 0.15) is 24.8 Å². The topological polar surface area (TPSA) is 78.5 Å². The van der Waals surface area contributed by atoms with Crippen molar-refractivity contribution in [2.75, 3.05) is 46.8 Å². The Labute approximate surface area is 205 Å². The number of amides is 1. The van der Waals surface area contributed by atoms with Crippen LogP contribution < -0.4 is 19.5 Å². The number of hydrogen-bond donors (Lipinski definition) is 1. The van der Waals surface area contributed by atoms with Crippen LogP contribution in [0.3, 0.4) is 0 Å². The van der Waals surface area contributed by atoms with Crippen molar-refractivity contribution in [2.45, 2.75) is 38.0 Å². The Morgan fingerprint density at radius 1 is 1.23 bits per heavy atom. The SMILES string of the molecule is COCCCNC(=O)C(CN(Cc1ccc2c(c1)OCO2)CC1CCCO1)Oc1ccccc1F. The Morgan fingerprint density at radius 3 is 2.89 bits per heavy atom. The highest BCUT2D eigenvalue weighted by Gasteiger charge is 2.28. The van der Waals surface area contributed by atoms with Crippen LogP contribution in [0.5, 0.6) is 17.2 Å². The Morgan fingerprint density at radius 2 is 2.09 bits per heavy atom. The molecule has 8 nitrogen and oxygen atoms in total. The summed E-state index contributed by atoms with van der Waals surface area (Å²) < 4.78 is 42.2. The van der Waals surface area contributed by atoms with Crippen molar-refractivity contribution in [3.05, 3.63) is 53.8 Å². The van der Waals surface area contributed by atoms with E-state index < -0.39 is 11.9 Å². The lowest BCUT2D eigenvalue weighted by Crippen LogP contribution is -2.47. The van der Waals surface area contributed by atoms with E-state index in [1.54, 1.807) is 19.2 Å². The molecule has 190 valence electrons. The number of carbonyl (C=O) groups is 1. The zero-order valence-electron chi connectivity index (χ0n) is 20.0. The minimum absolute atomic E-state index is 0.0460. The van der Waals surface area contributed by atoms with Gasteiger partial charge in [0, 0.05) is 46.5 Å². The molecule has 9 heteroatoms. The van der Waals surface area contributed by atoms with E-state index in [0.29, 0.717) is 38.4 Å². The number of fused-ring (bicyclic) bond motifs is 1. The number of nitrogens with zero attached hydrogens (tertiary/aromatic N) is 1. The summed E-state index contributed by atoms with van der Waals surface area (Å²) in [5.41, 5.74) is 1.01. The third-order valence-electron chi connectivity index (χ3n) is 5.98. The summed E-state index contributed by atoms with van der Waals surface area (Å²) in [6.45, 7) is 3.36. The molecule has 0 bridgehead atoms. The molecular formula is C26H33FN2O6. The van der Waals surface area contributed by atoms with Gasteiger partial charge in [-0.05, 0) is 49.1 Å². The second kappa shape index (κ2) is 12.7. The van der Waals surface area contributed by atoms with Crippen molar-refractivity contribution in [3.63, 3.8) is 0 Å². The first-order valence-electron chi connectivity index (χ1n) is 12.0. The van der Waals surface area contributed by atoms with Gasteiger partial charge < -0.3 is 29.0 Å². The maximum atomic E-state index is 14.4. The summed E-state index contributed by atoms with van der Waals surface area (Å²) in [6.07, 6.45) is 1.80. The molecule has 0 spiro atoms. The number of halogens is 1. The van der Waals surface area contributed by atoms with Gasteiger partial charge in [-0.3, -0.25) is 9.69 Å². The molecule has 2 heterocycles. The van der Waals surface area contributed by atoms with E-state index in [2.05, 4.69) is 10.2 Å². The minimum atomic E-state index is -0.912. The molecule has 35 heavy (non-hydrogen) atoms. The van der Waals surface area contributed by atoms with E-state index in [4.69, 9.17) is 23.7 Å². The Hall–Kier alpha value is -2.88. The molecule has 2 aliphatic rings. The number of para-hydroxylation sites is 1. The largest absolute Gasteiger partial charge is 0.476 e. The van der Waals surface area contributed by atoms with Gasteiger partial charge in [0.25, 0.3) is 5.91 Å². The summed E-state index contributed by atoms with van der Waals surface area (Å²) in [6, 6.07) is 11.9. The average molecular weight is 489 g/mol. The molecule has 4 rings (SSSR count). The second-order valence-corrected chi connectivity index (χ2v) is 8.69. The molecule has 2 unspecified atom stereocenters. The first-order valence-corrected chi connectivity index (χ1v) is 12.0. The number of methoxy groups -OCH3 is 1. The molecule has 1 amide bonds. The predicted octanol–water partition coefficient (Wildman–Crippen LogP) is 3.14. The van der Waals surface area contributed by atoms with Crippen LogP contribution in [0.25, 0.3) is 0 Å². The van der Waals surface area contributed by atoms with Crippen LogP contribution in [0, 0.1) is 5.82 Å². The van der Waals surface area contributed by atoms with Crippen LogP contribution in [0.4, 0.5) is 4.39 Å². The van der Waals surface area contributed by atoms with Gasteiger partial charge in [0.1, 0.15) is 0 Å². The van der Waals surface area contributed by atoms with E-state index in [1.165, 1.54) is 12.1 Å². The Balaban J connectivity index is 1.50. The van der Waals surface area contributed by atoms with Gasteiger partial charge in [-0.2, -0.15) is 0 Å². The lowest BCUT2D eigenvalue weighted by Gasteiger charge is -2.29. The van der Waals surface area contributed by atoms with Crippen molar-refractivity contribution in [1.29, 1.82) is 0 Å². The number of hydrogen-bond acceptors (Lipinski definition) is 7. The van der Waals surface area contributed by atoms with Gasteiger partial charge in [-0.25, -0.2) is 4.39 Å². The molecule has 1 N–H and O–H groups in total. The monoisotopic (exact) mass is 488 g/mol. The van der Waals surface area contributed by atoms with Gasteiger partial charge in [-0.1, -0.05) is 18.2 Å². The Kier molecular flexibility index (Phi) is 9.16. The molecule has 2 atom stereocenters. The van der Waals surface area contributed by atoms with Crippen molar-refractivity contribution < 1.29 is 32.9 Å². The maximum Gasteiger partial charge on any atom is 0.262 e. The van der Waals surface area contributed by atoms with E-state index in [0.717, 1.165) is 30.8 Å². The first-order chi connectivity index (χ1) is 17.1. The number of carbonyl (C=O) groups excluding carboxylic acids is 1. The van der Waals surface area contributed by atoms with Crippen molar-refractivity contribution in [3.8, 4) is 17.2 Å². The maximum absolute atomic E-state index is 14.4. The molecule has 2 aromatic rings. The highest BCUT2D eigenvalue weighted by Crippen LogP contribution is 2.33. The zero-order chi connectivity index (χ0) is 24.5. The third-order valence-corrected chi connectivity index (χ3v) is 5.98. The van der Waals surface area contributed by atoms with E-state index in [-0.39, 0.29) is 31.1 Å².